The number of hydrogen-bond acceptors (Lipinski definition) is 2. The summed E-state index contributed by atoms with van der Waals surface area (Å²) in [7, 11) is 0. The monoisotopic (exact) mass is 216 g/mol. The zero-order valence-electron chi connectivity index (χ0n) is 8.00. The smallest absolute Gasteiger partial charge is 0.492 e. The summed E-state index contributed by atoms with van der Waals surface area (Å²) in [6, 6.07) is 0.954. The molecule has 2 nitrogen and oxygen atoms in total. The highest BCUT2D eigenvalue weighted by Gasteiger charge is 2.26. The fourth-order valence-electron chi connectivity index (χ4n) is 0.954. The predicted octanol–water partition coefficient (Wildman–Crippen LogP) is 2.09. The lowest BCUT2D eigenvalue weighted by Gasteiger charge is -2.15. The van der Waals surface area contributed by atoms with Crippen LogP contribution in [-0.4, -0.2) is 18.6 Å². The van der Waals surface area contributed by atoms with Gasteiger partial charge in [0, 0.05) is 6.20 Å². The summed E-state index contributed by atoms with van der Waals surface area (Å²) in [4.78, 5) is 3.47. The van der Waals surface area contributed by atoms with Crippen molar-refractivity contribution >= 4 is 12.4 Å². The Balaban J connectivity index is 2.70. The average Bonchev–Trinajstić information content (AvgIpc) is 2.17. The third kappa shape index (κ3) is 3.65. The van der Waals surface area contributed by atoms with E-state index in [2.05, 4.69) is 11.6 Å². The Morgan fingerprint density at radius 1 is 1.40 bits per heavy atom. The zero-order valence-corrected chi connectivity index (χ0v) is 8.00. The second-order valence-electron chi connectivity index (χ2n) is 2.95. The number of aromatic nitrogens is 1. The fraction of sp³-hybridized carbons (Fsp3) is 0.222. The van der Waals surface area contributed by atoms with Crippen molar-refractivity contribution in [1.82, 2.24) is 4.98 Å². The Hall–Kier alpha value is -1.46. The molecule has 0 amide bonds. The molecule has 1 rings (SSSR count). The van der Waals surface area contributed by atoms with Gasteiger partial charge in [-0.1, -0.05) is 11.5 Å². The molecule has 15 heavy (non-hydrogen) atoms. The van der Waals surface area contributed by atoms with Gasteiger partial charge in [-0.25, -0.2) is 0 Å². The van der Waals surface area contributed by atoms with Crippen LogP contribution in [0.3, 0.4) is 0 Å². The van der Waals surface area contributed by atoms with Crippen LogP contribution in [0.5, 0.6) is 5.75 Å². The molecule has 1 heterocycles. The van der Waals surface area contributed by atoms with E-state index in [0.717, 1.165) is 12.3 Å². The zero-order chi connectivity index (χ0) is 11.3. The van der Waals surface area contributed by atoms with E-state index in [0.29, 0.717) is 13.0 Å². The predicted molar refractivity (Wildman–Crippen MR) is 53.3 cm³/mol. The van der Waals surface area contributed by atoms with E-state index in [1.165, 1.54) is 6.20 Å². The molecule has 0 radical (unpaired) electrons. The Kier molecular flexibility index (Phi) is 3.77. The maximum Gasteiger partial charge on any atom is 0.511 e. The van der Waals surface area contributed by atoms with Gasteiger partial charge >= 0.3 is 6.98 Å². The second-order valence-corrected chi connectivity index (χ2v) is 2.95. The molecule has 0 bridgehead atoms. The number of rotatable bonds is 5. The van der Waals surface area contributed by atoms with Gasteiger partial charge in [-0.3, -0.25) is 4.98 Å². The lowest BCUT2D eigenvalue weighted by molar-refractivity contribution is 0.324. The van der Waals surface area contributed by atoms with Crippen LogP contribution in [0, 0.1) is 0 Å². The van der Waals surface area contributed by atoms with Gasteiger partial charge in [0.05, 0.1) is 12.8 Å². The highest BCUT2D eigenvalue weighted by molar-refractivity contribution is 6.73. The summed E-state index contributed by atoms with van der Waals surface area (Å²) >= 11 is 0. The molecule has 0 saturated heterocycles. The van der Waals surface area contributed by atoms with E-state index in [4.69, 9.17) is 4.74 Å². The average molecular weight is 216 g/mol. The molecule has 0 spiro atoms. The van der Waals surface area contributed by atoms with Gasteiger partial charge in [0.2, 0.25) is 0 Å². The minimum absolute atomic E-state index is 0.133. The normalized spacial score (nSPS) is 11.1. The summed E-state index contributed by atoms with van der Waals surface area (Å²) in [6.07, 6.45) is 4.27. The molecule has 0 unspecified atom stereocenters. The fourth-order valence-corrected chi connectivity index (χ4v) is 0.954. The minimum Gasteiger partial charge on any atom is -0.492 e. The maximum atomic E-state index is 12.3. The topological polar surface area (TPSA) is 22.1 Å². The van der Waals surface area contributed by atoms with Gasteiger partial charge in [-0.2, -0.15) is 0 Å². The van der Waals surface area contributed by atoms with Gasteiger partial charge < -0.3 is 17.7 Å². The first-order valence-electron chi connectivity index (χ1n) is 4.42. The molecule has 0 N–H and O–H groups in total. The largest absolute Gasteiger partial charge is 0.511 e. The standard InChI is InChI=1S/C9H10BF3NO/c1-2-3-4-15-9-5-8(6-14-7-9)10(11,12)13/h2,5-7H,1,3-4H2/q-1. The molecule has 0 aliphatic rings. The van der Waals surface area contributed by atoms with Crippen LogP contribution in [0.1, 0.15) is 6.42 Å². The highest BCUT2D eigenvalue weighted by Crippen LogP contribution is 2.13. The van der Waals surface area contributed by atoms with Crippen molar-refractivity contribution in [2.45, 2.75) is 6.42 Å². The lowest BCUT2D eigenvalue weighted by atomic mass is 9.81. The summed E-state index contributed by atoms with van der Waals surface area (Å²) in [5, 5.41) is 0. The number of ether oxygens (including phenoxy) is 1. The Labute approximate surface area is 85.8 Å². The van der Waals surface area contributed by atoms with Gasteiger partial charge in [-0.05, 0) is 12.5 Å². The molecule has 0 atom stereocenters. The molecule has 0 aliphatic heterocycles. The minimum atomic E-state index is -5.01. The molecular formula is C9H10BF3NO-. The van der Waals surface area contributed by atoms with Crippen LogP contribution in [0.2, 0.25) is 0 Å². The van der Waals surface area contributed by atoms with E-state index in [9.17, 15) is 12.9 Å². The van der Waals surface area contributed by atoms with E-state index >= 15 is 0 Å². The van der Waals surface area contributed by atoms with Gasteiger partial charge in [0.25, 0.3) is 0 Å². The first-order valence-corrected chi connectivity index (χ1v) is 4.42. The van der Waals surface area contributed by atoms with Gasteiger partial charge in [-0.15, -0.1) is 6.58 Å². The van der Waals surface area contributed by atoms with E-state index in [1.807, 2.05) is 0 Å². The third-order valence-corrected chi connectivity index (χ3v) is 1.70. The molecular weight excluding hydrogens is 206 g/mol. The summed E-state index contributed by atoms with van der Waals surface area (Å²) in [5.41, 5.74) is -0.744. The van der Waals surface area contributed by atoms with Crippen LogP contribution in [0.4, 0.5) is 12.9 Å². The maximum absolute atomic E-state index is 12.3. The highest BCUT2D eigenvalue weighted by atomic mass is 19.4. The summed E-state index contributed by atoms with van der Waals surface area (Å²) in [5.74, 6) is 0.133. The molecule has 1 aromatic heterocycles. The van der Waals surface area contributed by atoms with Crippen LogP contribution < -0.4 is 10.2 Å². The molecule has 0 aromatic carbocycles. The molecule has 1 aromatic rings. The Morgan fingerprint density at radius 2 is 2.13 bits per heavy atom. The molecule has 0 fully saturated rings. The second kappa shape index (κ2) is 4.86. The van der Waals surface area contributed by atoms with Crippen molar-refractivity contribution in [3.05, 3.63) is 31.1 Å². The van der Waals surface area contributed by atoms with E-state index < -0.39 is 12.4 Å². The van der Waals surface area contributed by atoms with Crippen molar-refractivity contribution in [1.29, 1.82) is 0 Å². The van der Waals surface area contributed by atoms with Crippen LogP contribution >= 0.6 is 0 Å². The lowest BCUT2D eigenvalue weighted by Crippen LogP contribution is -2.34. The van der Waals surface area contributed by atoms with Crippen molar-refractivity contribution in [3.8, 4) is 5.75 Å². The summed E-state index contributed by atoms with van der Waals surface area (Å²) in [6.45, 7) is -1.23. The van der Waals surface area contributed by atoms with Crippen LogP contribution in [-0.2, 0) is 0 Å². The van der Waals surface area contributed by atoms with Gasteiger partial charge in [0.15, 0.2) is 0 Å². The van der Waals surface area contributed by atoms with Crippen LogP contribution in [0.15, 0.2) is 31.1 Å². The number of hydrogen-bond donors (Lipinski definition) is 0. The van der Waals surface area contributed by atoms with Gasteiger partial charge in [0.1, 0.15) is 5.75 Å². The molecule has 0 saturated carbocycles. The van der Waals surface area contributed by atoms with Crippen molar-refractivity contribution in [2.24, 2.45) is 0 Å². The Morgan fingerprint density at radius 3 is 2.73 bits per heavy atom. The van der Waals surface area contributed by atoms with E-state index in [-0.39, 0.29) is 5.75 Å². The third-order valence-electron chi connectivity index (χ3n) is 1.70. The first kappa shape index (κ1) is 11.6. The van der Waals surface area contributed by atoms with Crippen molar-refractivity contribution in [3.63, 3.8) is 0 Å². The molecule has 0 aliphatic carbocycles. The van der Waals surface area contributed by atoms with Crippen LogP contribution in [0.25, 0.3) is 0 Å². The Bertz CT molecular complexity index is 340. The first-order chi connectivity index (χ1) is 7.04. The number of halogens is 3. The molecule has 6 heteroatoms. The molecule has 82 valence electrons. The summed E-state index contributed by atoms with van der Waals surface area (Å²) < 4.78 is 42.0. The van der Waals surface area contributed by atoms with Crippen molar-refractivity contribution in [2.75, 3.05) is 6.61 Å². The van der Waals surface area contributed by atoms with E-state index in [1.54, 1.807) is 6.08 Å². The van der Waals surface area contributed by atoms with Crippen molar-refractivity contribution < 1.29 is 17.7 Å². The number of pyridine rings is 1. The SMILES string of the molecule is C=CCCOc1cncc([B-](F)(F)F)c1. The number of nitrogens with zero attached hydrogens (tertiary/aromatic N) is 1. The quantitative estimate of drug-likeness (QED) is 0.427.